The third-order valence-electron chi connectivity index (χ3n) is 2.58. The summed E-state index contributed by atoms with van der Waals surface area (Å²) in [6, 6.07) is 8.17. The Kier molecular flexibility index (Phi) is 3.01. The number of nitrogens with zero attached hydrogens (tertiary/aromatic N) is 3. The summed E-state index contributed by atoms with van der Waals surface area (Å²) in [4.78, 5) is 4.65. The van der Waals surface area contributed by atoms with Crippen LogP contribution in [-0.4, -0.2) is 14.8 Å². The first-order valence-corrected chi connectivity index (χ1v) is 7.10. The molecule has 0 N–H and O–H groups in total. The average molecular weight is 320 g/mol. The van der Waals surface area contributed by atoms with Crippen LogP contribution in [-0.2, 0) is 7.05 Å². The van der Waals surface area contributed by atoms with Crippen LogP contribution in [0, 0.1) is 0 Å². The fourth-order valence-corrected chi connectivity index (χ4v) is 2.94. The average Bonchev–Trinajstić information content (AvgIpc) is 2.97. The van der Waals surface area contributed by atoms with Crippen LogP contribution in [0.1, 0.15) is 0 Å². The van der Waals surface area contributed by atoms with E-state index >= 15 is 0 Å². The van der Waals surface area contributed by atoms with E-state index in [4.69, 9.17) is 0 Å². The standard InChI is InChI=1S/C13H10BrN3S/c1-17-7-10(6-15-17)12-8-18-13(16-12)9-3-2-4-11(14)5-9/h2-8H,1H3. The summed E-state index contributed by atoms with van der Waals surface area (Å²) in [7, 11) is 1.91. The minimum Gasteiger partial charge on any atom is -0.275 e. The fraction of sp³-hybridized carbons (Fsp3) is 0.0769. The van der Waals surface area contributed by atoms with Gasteiger partial charge in [0.05, 0.1) is 11.9 Å². The molecule has 3 rings (SSSR count). The van der Waals surface area contributed by atoms with Gasteiger partial charge in [-0.15, -0.1) is 11.3 Å². The summed E-state index contributed by atoms with van der Waals surface area (Å²) in [5.74, 6) is 0. The number of aryl methyl sites for hydroxylation is 1. The van der Waals surface area contributed by atoms with E-state index in [1.165, 1.54) is 0 Å². The molecule has 2 heterocycles. The molecule has 1 aromatic carbocycles. The highest BCUT2D eigenvalue weighted by atomic mass is 79.9. The second-order valence-corrected chi connectivity index (χ2v) is 5.72. The maximum absolute atomic E-state index is 4.65. The molecule has 0 spiro atoms. The summed E-state index contributed by atoms with van der Waals surface area (Å²) in [6.45, 7) is 0. The lowest BCUT2D eigenvalue weighted by molar-refractivity contribution is 0.768. The Balaban J connectivity index is 1.99. The van der Waals surface area contributed by atoms with Gasteiger partial charge in [0.2, 0.25) is 0 Å². The normalized spacial score (nSPS) is 10.8. The van der Waals surface area contributed by atoms with Crippen molar-refractivity contribution in [2.75, 3.05) is 0 Å². The molecule has 0 unspecified atom stereocenters. The van der Waals surface area contributed by atoms with Gasteiger partial charge in [0.25, 0.3) is 0 Å². The number of aromatic nitrogens is 3. The van der Waals surface area contributed by atoms with Crippen molar-refractivity contribution >= 4 is 27.3 Å². The Morgan fingerprint density at radius 2 is 2.17 bits per heavy atom. The molecule has 18 heavy (non-hydrogen) atoms. The van der Waals surface area contributed by atoms with E-state index in [0.29, 0.717) is 0 Å². The molecule has 0 aliphatic rings. The van der Waals surface area contributed by atoms with Crippen LogP contribution in [0.3, 0.4) is 0 Å². The summed E-state index contributed by atoms with van der Waals surface area (Å²) in [6.07, 6.45) is 3.81. The minimum absolute atomic E-state index is 0.975. The van der Waals surface area contributed by atoms with Crippen LogP contribution < -0.4 is 0 Å². The van der Waals surface area contributed by atoms with E-state index in [9.17, 15) is 0 Å². The highest BCUT2D eigenvalue weighted by Gasteiger charge is 2.08. The Morgan fingerprint density at radius 1 is 1.28 bits per heavy atom. The summed E-state index contributed by atoms with van der Waals surface area (Å²) in [5.41, 5.74) is 3.16. The van der Waals surface area contributed by atoms with E-state index in [2.05, 4.69) is 43.5 Å². The van der Waals surface area contributed by atoms with E-state index < -0.39 is 0 Å². The largest absolute Gasteiger partial charge is 0.275 e. The number of rotatable bonds is 2. The molecule has 0 saturated heterocycles. The summed E-state index contributed by atoms with van der Waals surface area (Å²) < 4.78 is 2.85. The van der Waals surface area contributed by atoms with Crippen LogP contribution in [0.2, 0.25) is 0 Å². The predicted molar refractivity (Wildman–Crippen MR) is 77.5 cm³/mol. The van der Waals surface area contributed by atoms with E-state index in [1.54, 1.807) is 16.0 Å². The Hall–Kier alpha value is -1.46. The third-order valence-corrected chi connectivity index (χ3v) is 3.96. The monoisotopic (exact) mass is 319 g/mol. The SMILES string of the molecule is Cn1cc(-c2csc(-c3cccc(Br)c3)n2)cn1. The topological polar surface area (TPSA) is 30.7 Å². The summed E-state index contributed by atoms with van der Waals surface area (Å²) in [5, 5.41) is 7.25. The number of hydrogen-bond acceptors (Lipinski definition) is 3. The number of thiazole rings is 1. The van der Waals surface area contributed by atoms with Crippen molar-refractivity contribution < 1.29 is 0 Å². The molecule has 0 amide bonds. The molecule has 5 heteroatoms. The van der Waals surface area contributed by atoms with Crippen LogP contribution in [0.25, 0.3) is 21.8 Å². The first-order chi connectivity index (χ1) is 8.72. The van der Waals surface area contributed by atoms with Gasteiger partial charge in [0, 0.05) is 34.2 Å². The van der Waals surface area contributed by atoms with Crippen molar-refractivity contribution in [2.24, 2.45) is 7.05 Å². The summed E-state index contributed by atoms with van der Waals surface area (Å²) >= 11 is 5.12. The molecular formula is C13H10BrN3S. The van der Waals surface area contributed by atoms with Gasteiger partial charge in [-0.05, 0) is 12.1 Å². The van der Waals surface area contributed by atoms with E-state index in [1.807, 2.05) is 31.6 Å². The predicted octanol–water partition coefficient (Wildman–Crippen LogP) is 3.97. The molecule has 3 nitrogen and oxygen atoms in total. The van der Waals surface area contributed by atoms with Gasteiger partial charge in [-0.3, -0.25) is 4.68 Å². The Labute approximate surface area is 117 Å². The first kappa shape index (κ1) is 11.6. The molecule has 0 fully saturated rings. The quantitative estimate of drug-likeness (QED) is 0.715. The van der Waals surface area contributed by atoms with Gasteiger partial charge in [-0.2, -0.15) is 5.10 Å². The molecule has 0 atom stereocenters. The minimum atomic E-state index is 0.975. The lowest BCUT2D eigenvalue weighted by Crippen LogP contribution is -1.84. The fourth-order valence-electron chi connectivity index (χ4n) is 1.71. The van der Waals surface area contributed by atoms with Crippen LogP contribution in [0.15, 0.2) is 46.5 Å². The Bertz CT molecular complexity index is 687. The van der Waals surface area contributed by atoms with Gasteiger partial charge in [-0.25, -0.2) is 4.98 Å². The lowest BCUT2D eigenvalue weighted by Gasteiger charge is -1.96. The van der Waals surface area contributed by atoms with E-state index in [0.717, 1.165) is 26.3 Å². The molecular weight excluding hydrogens is 310 g/mol. The second-order valence-electron chi connectivity index (χ2n) is 3.95. The second kappa shape index (κ2) is 4.66. The number of benzene rings is 1. The van der Waals surface area contributed by atoms with Crippen molar-refractivity contribution in [1.82, 2.24) is 14.8 Å². The van der Waals surface area contributed by atoms with Crippen LogP contribution in [0.4, 0.5) is 0 Å². The maximum atomic E-state index is 4.65. The van der Waals surface area contributed by atoms with Crippen molar-refractivity contribution in [3.63, 3.8) is 0 Å². The Morgan fingerprint density at radius 3 is 2.89 bits per heavy atom. The first-order valence-electron chi connectivity index (χ1n) is 5.43. The maximum Gasteiger partial charge on any atom is 0.124 e. The van der Waals surface area contributed by atoms with Crippen molar-refractivity contribution in [3.05, 3.63) is 46.5 Å². The van der Waals surface area contributed by atoms with Gasteiger partial charge >= 0.3 is 0 Å². The number of halogens is 1. The third kappa shape index (κ3) is 2.23. The highest BCUT2D eigenvalue weighted by Crippen LogP contribution is 2.29. The highest BCUT2D eigenvalue weighted by molar-refractivity contribution is 9.10. The molecule has 0 saturated carbocycles. The van der Waals surface area contributed by atoms with E-state index in [-0.39, 0.29) is 0 Å². The molecule has 3 aromatic rings. The van der Waals surface area contributed by atoms with Gasteiger partial charge < -0.3 is 0 Å². The van der Waals surface area contributed by atoms with Crippen LogP contribution >= 0.6 is 27.3 Å². The molecule has 0 bridgehead atoms. The van der Waals surface area contributed by atoms with Crippen LogP contribution in [0.5, 0.6) is 0 Å². The number of hydrogen-bond donors (Lipinski definition) is 0. The molecule has 0 radical (unpaired) electrons. The van der Waals surface area contributed by atoms with Gasteiger partial charge in [0.1, 0.15) is 5.01 Å². The molecule has 0 aliphatic carbocycles. The zero-order chi connectivity index (χ0) is 12.5. The zero-order valence-corrected chi connectivity index (χ0v) is 12.1. The lowest BCUT2D eigenvalue weighted by atomic mass is 10.2. The zero-order valence-electron chi connectivity index (χ0n) is 9.67. The van der Waals surface area contributed by atoms with Crippen molar-refractivity contribution in [2.45, 2.75) is 0 Å². The van der Waals surface area contributed by atoms with Crippen molar-refractivity contribution in [1.29, 1.82) is 0 Å². The molecule has 2 aromatic heterocycles. The molecule has 0 aliphatic heterocycles. The smallest absolute Gasteiger partial charge is 0.124 e. The van der Waals surface area contributed by atoms with Gasteiger partial charge in [0.15, 0.2) is 0 Å². The van der Waals surface area contributed by atoms with Gasteiger partial charge in [-0.1, -0.05) is 28.1 Å². The molecule has 90 valence electrons. The van der Waals surface area contributed by atoms with Crippen molar-refractivity contribution in [3.8, 4) is 21.8 Å².